The van der Waals surface area contributed by atoms with E-state index in [2.05, 4.69) is 12.2 Å². The highest BCUT2D eigenvalue weighted by atomic mass is 16.5. The maximum absolute atomic E-state index is 9.58. The summed E-state index contributed by atoms with van der Waals surface area (Å²) in [5.74, 6) is 0.359. The lowest BCUT2D eigenvalue weighted by molar-refractivity contribution is 0.113. The van der Waals surface area contributed by atoms with E-state index in [9.17, 15) is 5.11 Å². The molecule has 3 nitrogen and oxygen atoms in total. The number of hydrogen-bond acceptors (Lipinski definition) is 3. The predicted molar refractivity (Wildman–Crippen MR) is 68.3 cm³/mol. The second-order valence-electron chi connectivity index (χ2n) is 4.78. The van der Waals surface area contributed by atoms with Gasteiger partial charge in [0.05, 0.1) is 6.10 Å². The number of aromatic hydroxyl groups is 1. The van der Waals surface area contributed by atoms with Crippen molar-refractivity contribution in [3.8, 4) is 5.75 Å². The number of phenolic OH excluding ortho intramolecular Hbond substituents is 1. The molecule has 0 aromatic heterocycles. The lowest BCUT2D eigenvalue weighted by Gasteiger charge is -2.27. The monoisotopic (exact) mass is 235 g/mol. The van der Waals surface area contributed by atoms with Gasteiger partial charge in [0.25, 0.3) is 0 Å². The third kappa shape index (κ3) is 2.99. The van der Waals surface area contributed by atoms with Gasteiger partial charge in [-0.1, -0.05) is 6.07 Å². The van der Waals surface area contributed by atoms with Gasteiger partial charge in [0, 0.05) is 19.7 Å². The zero-order valence-electron chi connectivity index (χ0n) is 10.6. The lowest BCUT2D eigenvalue weighted by atomic mass is 9.87. The molecule has 3 heteroatoms. The maximum atomic E-state index is 9.58. The van der Waals surface area contributed by atoms with Crippen LogP contribution in [0.4, 0.5) is 0 Å². The molecule has 2 N–H and O–H groups in total. The van der Waals surface area contributed by atoms with E-state index >= 15 is 0 Å². The molecular formula is C14H21NO2. The van der Waals surface area contributed by atoms with E-state index in [4.69, 9.17) is 4.74 Å². The molecule has 0 radical (unpaired) electrons. The van der Waals surface area contributed by atoms with Crippen molar-refractivity contribution >= 4 is 0 Å². The molecular weight excluding hydrogens is 214 g/mol. The van der Waals surface area contributed by atoms with Crippen molar-refractivity contribution < 1.29 is 9.84 Å². The van der Waals surface area contributed by atoms with E-state index in [0.29, 0.717) is 11.8 Å². The molecule has 1 aliphatic rings. The number of benzene rings is 1. The molecule has 0 aliphatic heterocycles. The highest BCUT2D eigenvalue weighted by molar-refractivity contribution is 5.38. The lowest BCUT2D eigenvalue weighted by Crippen LogP contribution is -2.31. The average Bonchev–Trinajstić information content (AvgIpc) is 2.35. The largest absolute Gasteiger partial charge is 0.508 e. The van der Waals surface area contributed by atoms with Gasteiger partial charge in [0.2, 0.25) is 0 Å². The average molecular weight is 235 g/mol. The van der Waals surface area contributed by atoms with Crippen molar-refractivity contribution in [2.45, 2.75) is 38.3 Å². The smallest absolute Gasteiger partial charge is 0.115 e. The molecule has 1 aliphatic carbocycles. The normalized spacial score (nSPS) is 20.9. The minimum absolute atomic E-state index is 0.220. The van der Waals surface area contributed by atoms with E-state index in [1.807, 2.05) is 12.1 Å². The molecule has 2 atom stereocenters. The Hall–Kier alpha value is -1.06. The van der Waals surface area contributed by atoms with Crippen molar-refractivity contribution in [3.05, 3.63) is 29.3 Å². The van der Waals surface area contributed by atoms with Crippen LogP contribution in [0.5, 0.6) is 5.75 Å². The number of phenols is 1. The Kier molecular flexibility index (Phi) is 4.02. The fourth-order valence-electron chi connectivity index (χ4n) is 2.39. The molecule has 2 unspecified atom stereocenters. The summed E-state index contributed by atoms with van der Waals surface area (Å²) in [7, 11) is 1.73. The van der Waals surface area contributed by atoms with Gasteiger partial charge in [-0.25, -0.2) is 0 Å². The minimum atomic E-state index is 0.220. The molecule has 0 fully saturated rings. The van der Waals surface area contributed by atoms with Crippen molar-refractivity contribution in [1.82, 2.24) is 5.32 Å². The molecule has 0 spiro atoms. The van der Waals surface area contributed by atoms with E-state index in [1.54, 1.807) is 13.2 Å². The van der Waals surface area contributed by atoms with Gasteiger partial charge < -0.3 is 15.2 Å². The summed E-state index contributed by atoms with van der Waals surface area (Å²) in [6.07, 6.45) is 3.68. The van der Waals surface area contributed by atoms with Crippen molar-refractivity contribution in [2.24, 2.45) is 0 Å². The van der Waals surface area contributed by atoms with Crippen molar-refractivity contribution in [3.63, 3.8) is 0 Å². The van der Waals surface area contributed by atoms with Crippen LogP contribution in [-0.2, 0) is 11.2 Å². The Morgan fingerprint density at radius 1 is 1.53 bits per heavy atom. The molecule has 0 heterocycles. The molecule has 17 heavy (non-hydrogen) atoms. The first-order chi connectivity index (χ1) is 8.20. The molecule has 0 bridgehead atoms. The summed E-state index contributed by atoms with van der Waals surface area (Å²) in [4.78, 5) is 0. The predicted octanol–water partition coefficient (Wildman–Crippen LogP) is 2.39. The fourth-order valence-corrected chi connectivity index (χ4v) is 2.39. The molecule has 0 amide bonds. The molecule has 0 saturated carbocycles. The minimum Gasteiger partial charge on any atom is -0.508 e. The van der Waals surface area contributed by atoms with Gasteiger partial charge in [-0.15, -0.1) is 0 Å². The van der Waals surface area contributed by atoms with Crippen molar-refractivity contribution in [1.29, 1.82) is 0 Å². The number of ether oxygens (including phenoxy) is 1. The summed E-state index contributed by atoms with van der Waals surface area (Å²) in [5.41, 5.74) is 2.61. The van der Waals surface area contributed by atoms with Crippen LogP contribution in [0.3, 0.4) is 0 Å². The van der Waals surface area contributed by atoms with Gasteiger partial charge in [0.15, 0.2) is 0 Å². The Labute approximate surface area is 103 Å². The second-order valence-corrected chi connectivity index (χ2v) is 4.78. The first-order valence-corrected chi connectivity index (χ1v) is 6.28. The van der Waals surface area contributed by atoms with E-state index in [-0.39, 0.29) is 6.10 Å². The summed E-state index contributed by atoms with van der Waals surface area (Å²) < 4.78 is 5.24. The van der Waals surface area contributed by atoms with Crippen LogP contribution in [-0.4, -0.2) is 24.9 Å². The highest BCUT2D eigenvalue weighted by Crippen LogP contribution is 2.31. The fraction of sp³-hybridized carbons (Fsp3) is 0.571. The molecule has 2 rings (SSSR count). The summed E-state index contributed by atoms with van der Waals surface area (Å²) in [6, 6.07) is 6.06. The second kappa shape index (κ2) is 5.52. The zero-order chi connectivity index (χ0) is 12.3. The number of hydrogen-bond donors (Lipinski definition) is 2. The zero-order valence-corrected chi connectivity index (χ0v) is 10.6. The van der Waals surface area contributed by atoms with Crippen LogP contribution >= 0.6 is 0 Å². The van der Waals surface area contributed by atoms with E-state index in [0.717, 1.165) is 19.4 Å². The number of aryl methyl sites for hydroxylation is 1. The van der Waals surface area contributed by atoms with E-state index in [1.165, 1.54) is 17.5 Å². The maximum Gasteiger partial charge on any atom is 0.115 e. The van der Waals surface area contributed by atoms with Crippen LogP contribution in [0.2, 0.25) is 0 Å². The topological polar surface area (TPSA) is 41.5 Å². The quantitative estimate of drug-likeness (QED) is 0.842. The van der Waals surface area contributed by atoms with Gasteiger partial charge in [-0.2, -0.15) is 0 Å². The number of methoxy groups -OCH3 is 1. The highest BCUT2D eigenvalue weighted by Gasteiger charge is 2.20. The Morgan fingerprint density at radius 3 is 3.12 bits per heavy atom. The van der Waals surface area contributed by atoms with Crippen LogP contribution in [0.1, 0.15) is 36.9 Å². The van der Waals surface area contributed by atoms with Crippen LogP contribution in [0, 0.1) is 0 Å². The Balaban J connectivity index is 2.08. The number of nitrogens with one attached hydrogen (secondary N) is 1. The molecule has 94 valence electrons. The number of fused-ring (bicyclic) bond motifs is 1. The first kappa shape index (κ1) is 12.4. The van der Waals surface area contributed by atoms with Gasteiger partial charge >= 0.3 is 0 Å². The first-order valence-electron chi connectivity index (χ1n) is 6.28. The van der Waals surface area contributed by atoms with Crippen LogP contribution in [0.25, 0.3) is 0 Å². The van der Waals surface area contributed by atoms with Crippen LogP contribution < -0.4 is 5.32 Å². The van der Waals surface area contributed by atoms with Gasteiger partial charge in [-0.05, 0) is 49.4 Å². The summed E-state index contributed by atoms with van der Waals surface area (Å²) in [6.45, 7) is 2.90. The summed E-state index contributed by atoms with van der Waals surface area (Å²) >= 11 is 0. The molecule has 0 saturated heterocycles. The Bertz CT molecular complexity index is 378. The standard InChI is InChI=1S/C14H21NO2/c1-10(17-2)9-15-14-5-3-4-11-6-7-12(16)8-13(11)14/h6-8,10,14-16H,3-5,9H2,1-2H3. The van der Waals surface area contributed by atoms with E-state index < -0.39 is 0 Å². The SMILES string of the molecule is COC(C)CNC1CCCc2ccc(O)cc21. The third-order valence-electron chi connectivity index (χ3n) is 3.50. The Morgan fingerprint density at radius 2 is 2.35 bits per heavy atom. The van der Waals surface area contributed by atoms with Gasteiger partial charge in [0.1, 0.15) is 5.75 Å². The third-order valence-corrected chi connectivity index (χ3v) is 3.50. The van der Waals surface area contributed by atoms with Crippen LogP contribution in [0.15, 0.2) is 18.2 Å². The number of rotatable bonds is 4. The molecule has 1 aromatic carbocycles. The van der Waals surface area contributed by atoms with Gasteiger partial charge in [-0.3, -0.25) is 0 Å². The van der Waals surface area contributed by atoms with Crippen molar-refractivity contribution in [2.75, 3.05) is 13.7 Å². The summed E-state index contributed by atoms with van der Waals surface area (Å²) in [5, 5.41) is 13.1. The molecule has 1 aromatic rings.